The average Bonchev–Trinajstić information content (AvgIpc) is 2.89. The van der Waals surface area contributed by atoms with Crippen LogP contribution in [0.4, 0.5) is 22.7 Å². The number of rotatable bonds is 8. The van der Waals surface area contributed by atoms with E-state index in [1.165, 1.54) is 12.1 Å². The zero-order valence-electron chi connectivity index (χ0n) is 18.2. The van der Waals surface area contributed by atoms with Crippen LogP contribution in [0, 0.1) is 20.2 Å². The zero-order chi connectivity index (χ0) is 23.8. The molecule has 0 bridgehead atoms. The van der Waals surface area contributed by atoms with Gasteiger partial charge in [-0.2, -0.15) is 0 Å². The van der Waals surface area contributed by atoms with Crippen LogP contribution in [0.15, 0.2) is 48.5 Å². The molecule has 1 aliphatic rings. The quantitative estimate of drug-likeness (QED) is 0.469. The van der Waals surface area contributed by atoms with E-state index >= 15 is 0 Å². The van der Waals surface area contributed by atoms with Gasteiger partial charge in [0.05, 0.1) is 9.85 Å². The molecule has 0 unspecified atom stereocenters. The van der Waals surface area contributed by atoms with Gasteiger partial charge in [0.1, 0.15) is 11.4 Å². The van der Waals surface area contributed by atoms with Crippen molar-refractivity contribution >= 4 is 28.7 Å². The Bertz CT molecular complexity index is 931. The minimum Gasteiger partial charge on any atom is -0.481 e. The molecule has 0 saturated carbocycles. The van der Waals surface area contributed by atoms with Gasteiger partial charge in [-0.05, 0) is 25.1 Å². The van der Waals surface area contributed by atoms with Crippen LogP contribution in [0.5, 0.6) is 0 Å². The van der Waals surface area contributed by atoms with Gasteiger partial charge >= 0.3 is 5.97 Å². The van der Waals surface area contributed by atoms with Crippen LogP contribution in [0.1, 0.15) is 12.8 Å². The van der Waals surface area contributed by atoms with Crippen molar-refractivity contribution in [2.75, 3.05) is 55.6 Å². The van der Waals surface area contributed by atoms with Crippen molar-refractivity contribution in [2.45, 2.75) is 12.8 Å². The largest absolute Gasteiger partial charge is 0.481 e. The Morgan fingerprint density at radius 3 is 1.64 bits per heavy atom. The van der Waals surface area contributed by atoms with E-state index in [0.717, 1.165) is 0 Å². The Morgan fingerprint density at radius 1 is 0.788 bits per heavy atom. The lowest BCUT2D eigenvalue weighted by molar-refractivity contribution is -0.384. The zero-order valence-corrected chi connectivity index (χ0v) is 18.2. The van der Waals surface area contributed by atoms with Crippen molar-refractivity contribution in [3.05, 3.63) is 68.8 Å². The number of carbonyl (C=O) groups is 1. The maximum atomic E-state index is 11.6. The molecule has 0 amide bonds. The van der Waals surface area contributed by atoms with Gasteiger partial charge in [0, 0.05) is 57.8 Å². The van der Waals surface area contributed by atoms with E-state index < -0.39 is 15.8 Å². The predicted octanol–water partition coefficient (Wildman–Crippen LogP) is 3.00. The maximum absolute atomic E-state index is 11.6. The van der Waals surface area contributed by atoms with E-state index in [1.54, 1.807) is 36.4 Å². The Labute approximate surface area is 191 Å². The average molecular weight is 457 g/mol. The standard InChI is InChI=1S/C22H27N5O6/c28-22(29)10-5-11-23-12-14-24(18-6-1-3-8-20(18)26(30)31)16-17-25(15-13-23)19-7-2-4-9-21(19)27(32)33/h1-4,6-9H,5,10-17H2,(H,28,29). The fraction of sp³-hybridized carbons (Fsp3) is 0.409. The summed E-state index contributed by atoms with van der Waals surface area (Å²) in [5, 5.41) is 32.1. The SMILES string of the molecule is O=C(O)CCCN1CCN(c2ccccc2[N+](=O)[O-])CCN(c2ccccc2[N+](=O)[O-])CC1. The van der Waals surface area contributed by atoms with E-state index in [0.29, 0.717) is 63.6 Å². The van der Waals surface area contributed by atoms with Crippen LogP contribution in [0.3, 0.4) is 0 Å². The number of hydrogen-bond acceptors (Lipinski definition) is 8. The van der Waals surface area contributed by atoms with Crippen molar-refractivity contribution in [1.82, 2.24) is 4.90 Å². The first kappa shape index (κ1) is 23.9. The molecule has 33 heavy (non-hydrogen) atoms. The molecule has 2 aromatic carbocycles. The number of hydrogen-bond donors (Lipinski definition) is 1. The topological polar surface area (TPSA) is 133 Å². The minimum absolute atomic E-state index is 0.00594. The van der Waals surface area contributed by atoms with Gasteiger partial charge in [-0.1, -0.05) is 24.3 Å². The molecule has 1 aliphatic heterocycles. The molecule has 0 aliphatic carbocycles. The highest BCUT2D eigenvalue weighted by Gasteiger charge is 2.25. The number of carboxylic acids is 1. The summed E-state index contributed by atoms with van der Waals surface area (Å²) < 4.78 is 0. The molecule has 3 rings (SSSR count). The summed E-state index contributed by atoms with van der Waals surface area (Å²) in [6.45, 7) is 3.67. The Balaban J connectivity index is 1.89. The molecular weight excluding hydrogens is 430 g/mol. The molecule has 0 spiro atoms. The van der Waals surface area contributed by atoms with Crippen LogP contribution >= 0.6 is 0 Å². The van der Waals surface area contributed by atoms with E-state index in [4.69, 9.17) is 5.11 Å². The first-order valence-corrected chi connectivity index (χ1v) is 10.8. The van der Waals surface area contributed by atoms with E-state index in [9.17, 15) is 25.0 Å². The lowest BCUT2D eigenvalue weighted by atomic mass is 10.2. The summed E-state index contributed by atoms with van der Waals surface area (Å²) in [7, 11) is 0. The molecule has 11 nitrogen and oxygen atoms in total. The number of aliphatic carboxylic acids is 1. The summed E-state index contributed by atoms with van der Waals surface area (Å²) >= 11 is 0. The third kappa shape index (κ3) is 6.39. The van der Waals surface area contributed by atoms with Gasteiger partial charge in [0.15, 0.2) is 0 Å². The summed E-state index contributed by atoms with van der Waals surface area (Å²) in [6, 6.07) is 13.1. The Morgan fingerprint density at radius 2 is 1.21 bits per heavy atom. The van der Waals surface area contributed by atoms with E-state index in [-0.39, 0.29) is 17.8 Å². The van der Waals surface area contributed by atoms with Crippen molar-refractivity contribution in [2.24, 2.45) is 0 Å². The summed E-state index contributed by atoms with van der Waals surface area (Å²) in [6.07, 6.45) is 0.532. The van der Waals surface area contributed by atoms with Crippen LogP contribution in [-0.4, -0.2) is 71.6 Å². The summed E-state index contributed by atoms with van der Waals surface area (Å²) in [5.41, 5.74) is 1.01. The van der Waals surface area contributed by atoms with Gasteiger partial charge in [0.2, 0.25) is 0 Å². The number of nitro benzene ring substituents is 2. The molecule has 1 N–H and O–H groups in total. The van der Waals surface area contributed by atoms with E-state index in [2.05, 4.69) is 4.90 Å². The first-order valence-electron chi connectivity index (χ1n) is 10.8. The number of carboxylic acid groups (broad SMARTS) is 1. The summed E-state index contributed by atoms with van der Waals surface area (Å²) in [4.78, 5) is 39.3. The Hall–Kier alpha value is -3.73. The monoisotopic (exact) mass is 457 g/mol. The van der Waals surface area contributed by atoms with Crippen molar-refractivity contribution in [1.29, 1.82) is 0 Å². The molecule has 0 aromatic heterocycles. The molecule has 2 aromatic rings. The lowest BCUT2D eigenvalue weighted by Crippen LogP contribution is -2.37. The van der Waals surface area contributed by atoms with Crippen LogP contribution in [0.2, 0.25) is 0 Å². The molecule has 1 heterocycles. The first-order chi connectivity index (χ1) is 15.9. The Kier molecular flexibility index (Phi) is 8.14. The molecule has 1 saturated heterocycles. The van der Waals surface area contributed by atoms with E-state index in [1.807, 2.05) is 9.80 Å². The van der Waals surface area contributed by atoms with Crippen LogP contribution in [-0.2, 0) is 4.79 Å². The normalized spacial score (nSPS) is 15.4. The number of benzene rings is 2. The summed E-state index contributed by atoms with van der Waals surface area (Å²) in [5.74, 6) is -0.859. The van der Waals surface area contributed by atoms with Gasteiger partial charge in [-0.25, -0.2) is 0 Å². The molecule has 176 valence electrons. The predicted molar refractivity (Wildman–Crippen MR) is 124 cm³/mol. The maximum Gasteiger partial charge on any atom is 0.303 e. The molecular formula is C22H27N5O6. The van der Waals surface area contributed by atoms with Gasteiger partial charge in [-0.3, -0.25) is 29.9 Å². The van der Waals surface area contributed by atoms with Crippen LogP contribution in [0.25, 0.3) is 0 Å². The van der Waals surface area contributed by atoms with Gasteiger partial charge < -0.3 is 14.9 Å². The molecule has 0 atom stereocenters. The second-order valence-electron chi connectivity index (χ2n) is 7.80. The molecule has 1 fully saturated rings. The number of para-hydroxylation sites is 4. The van der Waals surface area contributed by atoms with Gasteiger partial charge in [-0.15, -0.1) is 0 Å². The number of nitro groups is 2. The second-order valence-corrected chi connectivity index (χ2v) is 7.80. The highest BCUT2D eigenvalue weighted by atomic mass is 16.6. The third-order valence-corrected chi connectivity index (χ3v) is 5.72. The van der Waals surface area contributed by atoms with Crippen molar-refractivity contribution in [3.63, 3.8) is 0 Å². The highest BCUT2D eigenvalue weighted by molar-refractivity contribution is 5.66. The second kappa shape index (κ2) is 11.2. The highest BCUT2D eigenvalue weighted by Crippen LogP contribution is 2.30. The fourth-order valence-electron chi connectivity index (χ4n) is 4.03. The third-order valence-electron chi connectivity index (χ3n) is 5.72. The molecule has 11 heteroatoms. The molecule has 0 radical (unpaired) electrons. The smallest absolute Gasteiger partial charge is 0.303 e. The van der Waals surface area contributed by atoms with Gasteiger partial charge in [0.25, 0.3) is 11.4 Å². The van der Waals surface area contributed by atoms with Crippen molar-refractivity contribution < 1.29 is 19.7 Å². The fourth-order valence-corrected chi connectivity index (χ4v) is 4.03. The van der Waals surface area contributed by atoms with Crippen LogP contribution < -0.4 is 9.80 Å². The minimum atomic E-state index is -0.859. The number of anilines is 2. The number of nitrogens with zero attached hydrogens (tertiary/aromatic N) is 5. The lowest BCUT2D eigenvalue weighted by Gasteiger charge is -2.28. The van der Waals surface area contributed by atoms with Crippen molar-refractivity contribution in [3.8, 4) is 0 Å².